The van der Waals surface area contributed by atoms with E-state index in [0.29, 0.717) is 54.0 Å². The maximum atomic E-state index is 13.0. The van der Waals surface area contributed by atoms with Crippen molar-refractivity contribution in [3.63, 3.8) is 0 Å². The molecule has 0 aromatic heterocycles. The molecular formula is C24H24Cl2N2O5S. The van der Waals surface area contributed by atoms with E-state index in [1.165, 1.54) is 36.8 Å². The number of methoxy groups -OCH3 is 1. The fourth-order valence-corrected chi connectivity index (χ4v) is 5.55. The van der Waals surface area contributed by atoms with Crippen LogP contribution in [0.5, 0.6) is 5.75 Å². The first kappa shape index (κ1) is 24.6. The van der Waals surface area contributed by atoms with E-state index in [9.17, 15) is 18.0 Å². The van der Waals surface area contributed by atoms with E-state index >= 15 is 0 Å². The molecule has 2 saturated heterocycles. The zero-order valence-corrected chi connectivity index (χ0v) is 20.8. The molecule has 2 heterocycles. The van der Waals surface area contributed by atoms with Gasteiger partial charge >= 0.3 is 0 Å². The second-order valence-electron chi connectivity index (χ2n) is 8.41. The second-order valence-corrected chi connectivity index (χ2v) is 11.1. The Labute approximate surface area is 208 Å². The largest absolute Gasteiger partial charge is 0.496 e. The van der Waals surface area contributed by atoms with Crippen molar-refractivity contribution in [3.8, 4) is 5.75 Å². The highest BCUT2D eigenvalue weighted by Gasteiger charge is 2.38. The lowest BCUT2D eigenvalue weighted by atomic mass is 9.97. The van der Waals surface area contributed by atoms with Crippen LogP contribution in [-0.2, 0) is 14.6 Å². The second kappa shape index (κ2) is 9.98. The van der Waals surface area contributed by atoms with Crippen LogP contribution in [0.15, 0.2) is 58.8 Å². The molecule has 2 aromatic carbocycles. The Kier molecular flexibility index (Phi) is 7.21. The molecule has 0 saturated carbocycles. The van der Waals surface area contributed by atoms with Crippen molar-refractivity contribution in [2.24, 2.45) is 11.8 Å². The van der Waals surface area contributed by atoms with Crippen LogP contribution in [0.1, 0.15) is 16.8 Å². The molecule has 0 aliphatic carbocycles. The normalized spacial score (nSPS) is 18.9. The molecule has 34 heavy (non-hydrogen) atoms. The van der Waals surface area contributed by atoms with E-state index in [-0.39, 0.29) is 28.5 Å². The Morgan fingerprint density at radius 1 is 1.00 bits per heavy atom. The number of nitrogens with zero attached hydrogens (tertiary/aromatic N) is 2. The van der Waals surface area contributed by atoms with E-state index < -0.39 is 9.84 Å². The number of carbonyl (C=O) groups excluding carboxylic acids is 2. The highest BCUT2D eigenvalue weighted by Crippen LogP contribution is 2.29. The third-order valence-corrected chi connectivity index (χ3v) is 8.04. The lowest BCUT2D eigenvalue weighted by Gasteiger charge is -2.39. The average molecular weight is 523 g/mol. The molecule has 180 valence electrons. The van der Waals surface area contributed by atoms with Crippen molar-refractivity contribution in [1.82, 2.24) is 9.80 Å². The molecule has 2 aliphatic rings. The van der Waals surface area contributed by atoms with Gasteiger partial charge in [-0.2, -0.15) is 0 Å². The quantitative estimate of drug-likeness (QED) is 0.574. The summed E-state index contributed by atoms with van der Waals surface area (Å²) in [7, 11) is -2.07. The summed E-state index contributed by atoms with van der Waals surface area (Å²) in [5.74, 6) is -0.0992. The number of rotatable bonds is 6. The summed E-state index contributed by atoms with van der Waals surface area (Å²) >= 11 is 11.9. The zero-order valence-electron chi connectivity index (χ0n) is 18.5. The highest BCUT2D eigenvalue weighted by molar-refractivity contribution is 7.94. The van der Waals surface area contributed by atoms with Crippen LogP contribution < -0.4 is 4.74 Å². The summed E-state index contributed by atoms with van der Waals surface area (Å²) in [5.41, 5.74) is 0.374. The van der Waals surface area contributed by atoms with Crippen molar-refractivity contribution in [3.05, 3.63) is 69.6 Å². The van der Waals surface area contributed by atoms with Crippen LogP contribution in [-0.4, -0.2) is 63.3 Å². The van der Waals surface area contributed by atoms with Gasteiger partial charge in [0.05, 0.1) is 23.5 Å². The van der Waals surface area contributed by atoms with E-state index in [2.05, 4.69) is 0 Å². The van der Waals surface area contributed by atoms with Gasteiger partial charge in [0.2, 0.25) is 5.91 Å². The molecule has 0 radical (unpaired) electrons. The smallest absolute Gasteiger partial charge is 0.257 e. The van der Waals surface area contributed by atoms with Gasteiger partial charge in [-0.25, -0.2) is 8.42 Å². The minimum absolute atomic E-state index is 0.0152. The Hall–Kier alpha value is -2.55. The van der Waals surface area contributed by atoms with E-state index in [1.807, 2.05) is 0 Å². The summed E-state index contributed by atoms with van der Waals surface area (Å²) < 4.78 is 30.1. The number of ether oxygens (including phenoxy) is 1. The summed E-state index contributed by atoms with van der Waals surface area (Å²) in [4.78, 5) is 29.4. The fraction of sp³-hybridized carbons (Fsp3) is 0.333. The molecule has 1 atom stereocenters. The molecule has 4 rings (SSSR count). The number of sulfone groups is 1. The molecule has 7 nitrogen and oxygen atoms in total. The van der Waals surface area contributed by atoms with Crippen LogP contribution in [0, 0.1) is 11.8 Å². The van der Waals surface area contributed by atoms with Gasteiger partial charge in [0.15, 0.2) is 9.84 Å². The van der Waals surface area contributed by atoms with Crippen molar-refractivity contribution in [2.75, 3.05) is 33.3 Å². The summed E-state index contributed by atoms with van der Waals surface area (Å²) in [5, 5.41) is 2.10. The number of hydrogen-bond donors (Lipinski definition) is 0. The first-order chi connectivity index (χ1) is 16.2. The molecule has 2 aromatic rings. The van der Waals surface area contributed by atoms with Crippen LogP contribution in [0.4, 0.5) is 0 Å². The third kappa shape index (κ3) is 5.24. The number of carbonyl (C=O) groups is 2. The molecule has 0 spiro atoms. The van der Waals surface area contributed by atoms with E-state index in [0.717, 1.165) is 0 Å². The molecule has 2 amide bonds. The SMILES string of the molecule is COc1ccc(Cl)cc1C(=O)N1CC[C@H](C(=O)N2CC(/C=C/S(=O)(=O)c3ccc(Cl)cc3)C2)C1. The Bertz CT molecular complexity index is 1220. The Morgan fingerprint density at radius 2 is 1.68 bits per heavy atom. The summed E-state index contributed by atoms with van der Waals surface area (Å²) in [6.07, 6.45) is 2.21. The average Bonchev–Trinajstić information content (AvgIpc) is 3.28. The number of hydrogen-bond acceptors (Lipinski definition) is 5. The van der Waals surface area contributed by atoms with Crippen LogP contribution in [0.3, 0.4) is 0 Å². The number of likely N-dealkylation sites (tertiary alicyclic amines) is 2. The topological polar surface area (TPSA) is 84.0 Å². The van der Waals surface area contributed by atoms with Crippen molar-refractivity contribution >= 4 is 44.9 Å². The molecule has 2 fully saturated rings. The summed E-state index contributed by atoms with van der Waals surface area (Å²) in [6, 6.07) is 10.9. The van der Waals surface area contributed by atoms with E-state index in [1.54, 1.807) is 34.1 Å². The number of halogens is 2. The maximum absolute atomic E-state index is 13.0. The third-order valence-electron chi connectivity index (χ3n) is 6.11. The first-order valence-corrected chi connectivity index (χ1v) is 13.1. The number of amides is 2. The van der Waals surface area contributed by atoms with Gasteiger partial charge in [-0.1, -0.05) is 29.3 Å². The zero-order chi connectivity index (χ0) is 24.5. The Balaban J connectivity index is 1.31. The molecule has 0 bridgehead atoms. The summed E-state index contributed by atoms with van der Waals surface area (Å²) in [6.45, 7) is 1.72. The molecule has 10 heteroatoms. The minimum Gasteiger partial charge on any atom is -0.496 e. The van der Waals surface area contributed by atoms with Gasteiger partial charge in [-0.05, 0) is 48.9 Å². The van der Waals surface area contributed by atoms with Crippen LogP contribution >= 0.6 is 23.2 Å². The maximum Gasteiger partial charge on any atom is 0.257 e. The van der Waals surface area contributed by atoms with Gasteiger partial charge in [-0.15, -0.1) is 0 Å². The van der Waals surface area contributed by atoms with Crippen LogP contribution in [0.2, 0.25) is 10.0 Å². The van der Waals surface area contributed by atoms with E-state index in [4.69, 9.17) is 27.9 Å². The van der Waals surface area contributed by atoms with Gasteiger partial charge in [0, 0.05) is 47.6 Å². The predicted octanol–water partition coefficient (Wildman–Crippen LogP) is 3.91. The lowest BCUT2D eigenvalue weighted by molar-refractivity contribution is -0.140. The Morgan fingerprint density at radius 3 is 2.35 bits per heavy atom. The van der Waals surface area contributed by atoms with Crippen molar-refractivity contribution in [1.29, 1.82) is 0 Å². The molecule has 2 aliphatic heterocycles. The highest BCUT2D eigenvalue weighted by atomic mass is 35.5. The van der Waals surface area contributed by atoms with Gasteiger partial charge in [0.25, 0.3) is 5.91 Å². The molecule has 0 N–H and O–H groups in total. The molecule has 0 unspecified atom stereocenters. The minimum atomic E-state index is -3.56. The van der Waals surface area contributed by atoms with Crippen molar-refractivity contribution in [2.45, 2.75) is 11.3 Å². The predicted molar refractivity (Wildman–Crippen MR) is 130 cm³/mol. The van der Waals surface area contributed by atoms with Crippen molar-refractivity contribution < 1.29 is 22.7 Å². The fourth-order valence-electron chi connectivity index (χ4n) is 4.15. The lowest BCUT2D eigenvalue weighted by Crippen LogP contribution is -2.51. The van der Waals surface area contributed by atoms with Gasteiger partial charge < -0.3 is 14.5 Å². The first-order valence-electron chi connectivity index (χ1n) is 10.8. The number of benzene rings is 2. The monoisotopic (exact) mass is 522 g/mol. The van der Waals surface area contributed by atoms with Gasteiger partial charge in [0.1, 0.15) is 5.75 Å². The standard InChI is InChI=1S/C24H24Cl2N2O5S/c1-33-22-7-4-19(26)12-21(22)24(30)27-10-8-17(15-27)23(29)28-13-16(14-28)9-11-34(31,32)20-5-2-18(25)3-6-20/h2-7,9,11-12,16-17H,8,10,13-15H2,1H3/b11-9+/t17-/m0/s1. The molecular weight excluding hydrogens is 499 g/mol. The van der Waals surface area contributed by atoms with Gasteiger partial charge in [-0.3, -0.25) is 9.59 Å². The van der Waals surface area contributed by atoms with Crippen LogP contribution in [0.25, 0.3) is 0 Å².